The molecule has 6 heteroatoms. The van der Waals surface area contributed by atoms with Gasteiger partial charge in [-0.2, -0.15) is 5.26 Å². The Kier molecular flexibility index (Phi) is 5.12. The van der Waals surface area contributed by atoms with Crippen molar-refractivity contribution >= 4 is 16.5 Å². The van der Waals surface area contributed by atoms with Crippen LogP contribution in [0.3, 0.4) is 0 Å². The highest BCUT2D eigenvalue weighted by Gasteiger charge is 2.09. The molecule has 0 radical (unpaired) electrons. The zero-order valence-electron chi connectivity index (χ0n) is 12.4. The number of hydrogen-bond donors (Lipinski definition) is 1. The Labute approximate surface area is 128 Å². The summed E-state index contributed by atoms with van der Waals surface area (Å²) < 4.78 is 5.84. The molecule has 0 saturated carbocycles. The van der Waals surface area contributed by atoms with Crippen molar-refractivity contribution in [2.24, 2.45) is 0 Å². The van der Waals surface area contributed by atoms with Crippen LogP contribution in [0.1, 0.15) is 35.0 Å². The van der Waals surface area contributed by atoms with Gasteiger partial charge in [-0.3, -0.25) is 0 Å². The Bertz CT molecular complexity index is 637. The number of aryl methyl sites for hydroxylation is 2. The maximum Gasteiger partial charge on any atom is 0.205 e. The normalized spacial score (nSPS) is 10.2. The van der Waals surface area contributed by atoms with Crippen molar-refractivity contribution < 1.29 is 4.74 Å². The monoisotopic (exact) mass is 302 g/mol. The molecule has 0 spiro atoms. The molecule has 2 aromatic rings. The van der Waals surface area contributed by atoms with E-state index in [2.05, 4.69) is 28.5 Å². The van der Waals surface area contributed by atoms with Gasteiger partial charge in [0.25, 0.3) is 0 Å². The van der Waals surface area contributed by atoms with Gasteiger partial charge in [-0.05, 0) is 43.5 Å². The lowest BCUT2D eigenvalue weighted by molar-refractivity contribution is 0.300. The van der Waals surface area contributed by atoms with Gasteiger partial charge in [0.1, 0.15) is 12.4 Å². The summed E-state index contributed by atoms with van der Waals surface area (Å²) in [5.41, 5.74) is 2.57. The third kappa shape index (κ3) is 3.92. The van der Waals surface area contributed by atoms with E-state index in [0.717, 1.165) is 40.0 Å². The van der Waals surface area contributed by atoms with Gasteiger partial charge in [-0.1, -0.05) is 18.3 Å². The first-order chi connectivity index (χ1) is 10.1. The summed E-state index contributed by atoms with van der Waals surface area (Å²) in [7, 11) is 0. The van der Waals surface area contributed by atoms with Crippen LogP contribution in [0.2, 0.25) is 0 Å². The first-order valence-electron chi connectivity index (χ1n) is 6.84. The van der Waals surface area contributed by atoms with Gasteiger partial charge >= 0.3 is 0 Å². The van der Waals surface area contributed by atoms with Crippen molar-refractivity contribution in [3.8, 4) is 11.8 Å². The predicted molar refractivity (Wildman–Crippen MR) is 83.7 cm³/mol. The number of ether oxygens (including phenoxy) is 1. The molecule has 0 aliphatic heterocycles. The molecule has 0 unspecified atom stereocenters. The van der Waals surface area contributed by atoms with E-state index in [4.69, 9.17) is 10.00 Å². The van der Waals surface area contributed by atoms with Crippen molar-refractivity contribution in [3.05, 3.63) is 33.8 Å². The Balaban J connectivity index is 2.03. The fourth-order valence-electron chi connectivity index (χ4n) is 1.99. The van der Waals surface area contributed by atoms with E-state index >= 15 is 0 Å². The summed E-state index contributed by atoms with van der Waals surface area (Å²) in [4.78, 5) is 0. The fourth-order valence-corrected chi connectivity index (χ4v) is 2.67. The van der Waals surface area contributed by atoms with Crippen LogP contribution in [0, 0.1) is 25.2 Å². The number of rotatable bonds is 6. The number of hydrogen-bond acceptors (Lipinski definition) is 6. The lowest BCUT2D eigenvalue weighted by Crippen LogP contribution is -1.99. The second-order valence-electron chi connectivity index (χ2n) is 4.77. The fraction of sp³-hybridized carbons (Fsp3) is 0.400. The summed E-state index contributed by atoms with van der Waals surface area (Å²) in [6.45, 7) is 7.27. The largest absolute Gasteiger partial charge is 0.486 e. The predicted octanol–water partition coefficient (Wildman–Crippen LogP) is 3.43. The molecule has 0 amide bonds. The maximum atomic E-state index is 8.94. The van der Waals surface area contributed by atoms with Gasteiger partial charge in [-0.15, -0.1) is 10.2 Å². The van der Waals surface area contributed by atoms with Gasteiger partial charge < -0.3 is 10.1 Å². The quantitative estimate of drug-likeness (QED) is 0.885. The molecule has 1 N–H and O–H groups in total. The van der Waals surface area contributed by atoms with Crippen LogP contribution in [0.4, 0.5) is 5.13 Å². The molecule has 0 atom stereocenters. The molecule has 0 aliphatic rings. The Morgan fingerprint density at radius 1 is 1.29 bits per heavy atom. The van der Waals surface area contributed by atoms with E-state index in [9.17, 15) is 0 Å². The van der Waals surface area contributed by atoms with Gasteiger partial charge in [0.05, 0.1) is 11.6 Å². The highest BCUT2D eigenvalue weighted by atomic mass is 32.1. The molecular formula is C15H18N4OS. The SMILES string of the molecule is CCCNc1nnc(COc2c(C)cc(C#N)cc2C)s1. The van der Waals surface area contributed by atoms with Gasteiger partial charge in [0, 0.05) is 6.54 Å². The average Bonchev–Trinajstić information content (AvgIpc) is 2.91. The molecule has 0 bridgehead atoms. The minimum absolute atomic E-state index is 0.388. The molecule has 5 nitrogen and oxygen atoms in total. The van der Waals surface area contributed by atoms with E-state index in [0.29, 0.717) is 12.2 Å². The molecule has 1 aromatic heterocycles. The minimum atomic E-state index is 0.388. The highest BCUT2D eigenvalue weighted by molar-refractivity contribution is 7.15. The zero-order chi connectivity index (χ0) is 15.2. The molecule has 2 rings (SSSR count). The summed E-state index contributed by atoms with van der Waals surface area (Å²) in [6, 6.07) is 5.81. The molecule has 1 aromatic carbocycles. The molecule has 0 saturated heterocycles. The second-order valence-corrected chi connectivity index (χ2v) is 5.83. The van der Waals surface area contributed by atoms with Crippen LogP contribution in [-0.2, 0) is 6.61 Å². The third-order valence-corrected chi connectivity index (χ3v) is 3.78. The summed E-state index contributed by atoms with van der Waals surface area (Å²) in [5.74, 6) is 0.812. The average molecular weight is 302 g/mol. The van der Waals surface area contributed by atoms with E-state index in [1.807, 2.05) is 26.0 Å². The van der Waals surface area contributed by atoms with E-state index in [1.54, 1.807) is 0 Å². The highest BCUT2D eigenvalue weighted by Crippen LogP contribution is 2.26. The summed E-state index contributed by atoms with van der Waals surface area (Å²) in [5, 5.41) is 22.0. The molecule has 0 aliphatic carbocycles. The number of aromatic nitrogens is 2. The lowest BCUT2D eigenvalue weighted by Gasteiger charge is -2.11. The van der Waals surface area contributed by atoms with E-state index in [-0.39, 0.29) is 0 Å². The van der Waals surface area contributed by atoms with Crippen LogP contribution in [-0.4, -0.2) is 16.7 Å². The van der Waals surface area contributed by atoms with Crippen LogP contribution in [0.5, 0.6) is 5.75 Å². The number of anilines is 1. The van der Waals surface area contributed by atoms with E-state index in [1.165, 1.54) is 11.3 Å². The summed E-state index contributed by atoms with van der Waals surface area (Å²) >= 11 is 1.50. The second kappa shape index (κ2) is 7.04. The first-order valence-corrected chi connectivity index (χ1v) is 7.66. The molecular weight excluding hydrogens is 284 g/mol. The smallest absolute Gasteiger partial charge is 0.205 e. The Hall–Kier alpha value is -2.13. The third-order valence-electron chi connectivity index (χ3n) is 2.92. The van der Waals surface area contributed by atoms with Crippen LogP contribution in [0.15, 0.2) is 12.1 Å². The lowest BCUT2D eigenvalue weighted by atomic mass is 10.1. The van der Waals surface area contributed by atoms with Crippen molar-refractivity contribution in [3.63, 3.8) is 0 Å². The van der Waals surface area contributed by atoms with Crippen molar-refractivity contribution in [2.75, 3.05) is 11.9 Å². The maximum absolute atomic E-state index is 8.94. The van der Waals surface area contributed by atoms with Gasteiger partial charge in [0.2, 0.25) is 5.13 Å². The minimum Gasteiger partial charge on any atom is -0.486 e. The van der Waals surface area contributed by atoms with Crippen LogP contribution >= 0.6 is 11.3 Å². The number of nitrogens with one attached hydrogen (secondary N) is 1. The van der Waals surface area contributed by atoms with Crippen LogP contribution in [0.25, 0.3) is 0 Å². The van der Waals surface area contributed by atoms with Crippen molar-refractivity contribution in [2.45, 2.75) is 33.8 Å². The molecule has 110 valence electrons. The van der Waals surface area contributed by atoms with Crippen LogP contribution < -0.4 is 10.1 Å². The molecule has 1 heterocycles. The molecule has 21 heavy (non-hydrogen) atoms. The van der Waals surface area contributed by atoms with Gasteiger partial charge in [0.15, 0.2) is 5.01 Å². The number of nitriles is 1. The Morgan fingerprint density at radius 3 is 2.62 bits per heavy atom. The standard InChI is InChI=1S/C15H18N4OS/c1-4-5-17-15-19-18-13(21-15)9-20-14-10(2)6-12(8-16)7-11(14)3/h6-7H,4-5,9H2,1-3H3,(H,17,19). The molecule has 0 fully saturated rings. The van der Waals surface area contributed by atoms with Crippen molar-refractivity contribution in [1.29, 1.82) is 5.26 Å². The topological polar surface area (TPSA) is 70.8 Å². The number of nitrogens with zero attached hydrogens (tertiary/aromatic N) is 3. The van der Waals surface area contributed by atoms with E-state index < -0.39 is 0 Å². The first kappa shape index (κ1) is 15.3. The zero-order valence-corrected chi connectivity index (χ0v) is 13.3. The summed E-state index contributed by atoms with van der Waals surface area (Å²) in [6.07, 6.45) is 1.05. The Morgan fingerprint density at radius 2 is 2.00 bits per heavy atom. The van der Waals surface area contributed by atoms with Crippen molar-refractivity contribution in [1.82, 2.24) is 10.2 Å². The van der Waals surface area contributed by atoms with Gasteiger partial charge in [-0.25, -0.2) is 0 Å². The number of benzene rings is 1.